The fourth-order valence-corrected chi connectivity index (χ4v) is 12.1. The fourth-order valence-electron chi connectivity index (χ4n) is 12.1. The molecule has 2 N–H and O–H groups in total. The van der Waals surface area contributed by atoms with E-state index in [1.54, 1.807) is 0 Å². The third-order valence-electron chi connectivity index (χ3n) is 11.8. The minimum Gasteiger partial charge on any atom is -0.481 e. The molecule has 0 spiro atoms. The highest BCUT2D eigenvalue weighted by Gasteiger charge is 2.61. The molecule has 4 unspecified atom stereocenters. The van der Waals surface area contributed by atoms with Gasteiger partial charge in [-0.1, -0.05) is 12.1 Å². The summed E-state index contributed by atoms with van der Waals surface area (Å²) in [6.45, 7) is 0. The first kappa shape index (κ1) is 23.7. The van der Waals surface area contributed by atoms with Gasteiger partial charge in [0.15, 0.2) is 0 Å². The van der Waals surface area contributed by atoms with Gasteiger partial charge in [0.25, 0.3) is 5.69 Å². The molecule has 8 fully saturated rings. The van der Waals surface area contributed by atoms with Gasteiger partial charge in [-0.05, 0) is 123 Å². The van der Waals surface area contributed by atoms with Gasteiger partial charge in [0.05, 0.1) is 17.8 Å². The molecule has 0 radical (unpaired) electrons. The van der Waals surface area contributed by atoms with Crippen LogP contribution in [0.3, 0.4) is 0 Å². The van der Waals surface area contributed by atoms with Crippen LogP contribution in [0.1, 0.15) is 101 Å². The first-order chi connectivity index (χ1) is 17.5. The normalized spacial score (nSPS) is 44.8. The number of nitro groups is 1. The quantitative estimate of drug-likeness (QED) is 0.334. The van der Waals surface area contributed by atoms with Crippen LogP contribution in [-0.2, 0) is 20.4 Å². The molecule has 7 heteroatoms. The maximum absolute atomic E-state index is 12.6. The highest BCUT2D eigenvalue weighted by molar-refractivity contribution is 5.68. The lowest BCUT2D eigenvalue weighted by Crippen LogP contribution is -2.55. The molecule has 0 saturated heterocycles. The topological polar surface area (TPSA) is 118 Å². The second kappa shape index (κ2) is 7.57. The monoisotopic (exact) mass is 507 g/mol. The van der Waals surface area contributed by atoms with E-state index in [0.717, 1.165) is 81.8 Å². The van der Waals surface area contributed by atoms with Crippen molar-refractivity contribution in [2.45, 2.75) is 101 Å². The van der Waals surface area contributed by atoms with Gasteiger partial charge in [0.2, 0.25) is 0 Å². The van der Waals surface area contributed by atoms with E-state index < -0.39 is 11.9 Å². The Kier molecular flexibility index (Phi) is 4.84. The van der Waals surface area contributed by atoms with Crippen LogP contribution in [0.2, 0.25) is 0 Å². The standard InChI is InChI=1S/C30H37NO6/c32-25(33)14-27-6-18-3-19(7-27)11-29(10-18,16-27)22-1-2-23(24(5-22)31(36)37)30-12-20-4-21(13-30)9-28(8-20,17-30)15-26(34)35/h1-2,5,18-21H,3-4,6-17H2,(H,32,33)(H,34,35). The van der Waals surface area contributed by atoms with Crippen LogP contribution in [0.5, 0.6) is 0 Å². The lowest BCUT2D eigenvalue weighted by Gasteiger charge is -2.63. The maximum Gasteiger partial charge on any atom is 0.303 e. The van der Waals surface area contributed by atoms with Crippen LogP contribution in [0.4, 0.5) is 5.69 Å². The molecule has 8 bridgehead atoms. The van der Waals surface area contributed by atoms with Crippen molar-refractivity contribution in [2.24, 2.45) is 34.5 Å². The van der Waals surface area contributed by atoms with Gasteiger partial charge < -0.3 is 10.2 Å². The highest BCUT2D eigenvalue weighted by atomic mass is 16.6. The van der Waals surface area contributed by atoms with E-state index in [1.165, 1.54) is 6.42 Å². The van der Waals surface area contributed by atoms with Gasteiger partial charge in [-0.15, -0.1) is 0 Å². The van der Waals surface area contributed by atoms with Crippen molar-refractivity contribution in [1.29, 1.82) is 0 Å². The van der Waals surface area contributed by atoms with Crippen LogP contribution in [-0.4, -0.2) is 27.1 Å². The number of carboxylic acids is 2. The van der Waals surface area contributed by atoms with Crippen molar-refractivity contribution in [3.8, 4) is 0 Å². The predicted molar refractivity (Wildman–Crippen MR) is 135 cm³/mol. The summed E-state index contributed by atoms with van der Waals surface area (Å²) in [7, 11) is 0. The molecule has 8 aliphatic carbocycles. The predicted octanol–water partition coefficient (Wildman–Crippen LogP) is 6.22. The molecule has 0 amide bonds. The highest BCUT2D eigenvalue weighted by Crippen LogP contribution is 2.69. The zero-order chi connectivity index (χ0) is 25.8. The van der Waals surface area contributed by atoms with E-state index in [4.69, 9.17) is 0 Å². The van der Waals surface area contributed by atoms with Crippen molar-refractivity contribution < 1.29 is 24.7 Å². The summed E-state index contributed by atoms with van der Waals surface area (Å²) in [6, 6.07) is 6.04. The van der Waals surface area contributed by atoms with Gasteiger partial charge in [-0.2, -0.15) is 0 Å². The van der Waals surface area contributed by atoms with Gasteiger partial charge in [0, 0.05) is 17.0 Å². The van der Waals surface area contributed by atoms with Gasteiger partial charge in [-0.3, -0.25) is 19.7 Å². The largest absolute Gasteiger partial charge is 0.481 e. The Hall–Kier alpha value is -2.44. The van der Waals surface area contributed by atoms with Gasteiger partial charge in [0.1, 0.15) is 0 Å². The van der Waals surface area contributed by atoms with Crippen molar-refractivity contribution in [1.82, 2.24) is 0 Å². The Morgan fingerprint density at radius 2 is 1.24 bits per heavy atom. The molecule has 0 heterocycles. The maximum atomic E-state index is 12.6. The Morgan fingerprint density at radius 3 is 1.70 bits per heavy atom. The summed E-state index contributed by atoms with van der Waals surface area (Å²) in [5.41, 5.74) is 1.22. The smallest absolute Gasteiger partial charge is 0.303 e. The van der Waals surface area contributed by atoms with Crippen LogP contribution in [0.15, 0.2) is 18.2 Å². The Labute approximate surface area is 217 Å². The number of rotatable bonds is 7. The molecular formula is C30H37NO6. The number of nitrogens with zero attached hydrogens (tertiary/aromatic N) is 1. The number of carbonyl (C=O) groups is 2. The van der Waals surface area contributed by atoms with Crippen LogP contribution < -0.4 is 0 Å². The Balaban J connectivity index is 1.28. The second-order valence-corrected chi connectivity index (χ2v) is 14.6. The Bertz CT molecular complexity index is 1180. The molecule has 8 aliphatic rings. The first-order valence-corrected chi connectivity index (χ1v) is 14.2. The van der Waals surface area contributed by atoms with Gasteiger partial charge in [-0.25, -0.2) is 0 Å². The summed E-state index contributed by atoms with van der Waals surface area (Å²) >= 11 is 0. The van der Waals surface area contributed by atoms with Crippen molar-refractivity contribution in [3.05, 3.63) is 39.4 Å². The molecule has 0 aromatic heterocycles. The number of hydrogen-bond acceptors (Lipinski definition) is 4. The Morgan fingerprint density at radius 1 is 0.784 bits per heavy atom. The molecule has 198 valence electrons. The fraction of sp³-hybridized carbons (Fsp3) is 0.733. The third kappa shape index (κ3) is 3.59. The molecule has 8 saturated carbocycles. The average Bonchev–Trinajstić information content (AvgIpc) is 2.75. The molecule has 37 heavy (non-hydrogen) atoms. The zero-order valence-electron chi connectivity index (χ0n) is 21.4. The van der Waals surface area contributed by atoms with Gasteiger partial charge >= 0.3 is 11.9 Å². The summed E-state index contributed by atoms with van der Waals surface area (Å²) in [5.74, 6) is 0.462. The molecular weight excluding hydrogens is 470 g/mol. The molecule has 7 nitrogen and oxygen atoms in total. The average molecular weight is 508 g/mol. The SMILES string of the molecule is O=C(O)CC12CC3CC(C1)CC(c1ccc(C45CC6CC(CC(CC(=O)O)(C6)C4)C5)c([N+](=O)[O-])c1)(C3)C2. The van der Waals surface area contributed by atoms with Crippen LogP contribution >= 0.6 is 0 Å². The summed E-state index contributed by atoms with van der Waals surface area (Å²) in [6.07, 6.45) is 12.0. The second-order valence-electron chi connectivity index (χ2n) is 14.6. The van der Waals surface area contributed by atoms with E-state index >= 15 is 0 Å². The molecule has 1 aromatic rings. The lowest BCUT2D eigenvalue weighted by molar-refractivity contribution is -0.386. The molecule has 4 atom stereocenters. The number of hydrogen-bond donors (Lipinski definition) is 2. The van der Waals surface area contributed by atoms with Crippen molar-refractivity contribution in [2.75, 3.05) is 0 Å². The minimum atomic E-state index is -0.751. The number of benzene rings is 1. The van der Waals surface area contributed by atoms with E-state index in [0.29, 0.717) is 23.7 Å². The zero-order valence-corrected chi connectivity index (χ0v) is 21.4. The summed E-state index contributed by atoms with van der Waals surface area (Å²) in [4.78, 5) is 36.0. The van der Waals surface area contributed by atoms with Crippen LogP contribution in [0.25, 0.3) is 0 Å². The van der Waals surface area contributed by atoms with E-state index in [9.17, 15) is 29.9 Å². The van der Waals surface area contributed by atoms with E-state index in [-0.39, 0.29) is 45.1 Å². The van der Waals surface area contributed by atoms with E-state index in [1.807, 2.05) is 12.1 Å². The summed E-state index contributed by atoms with van der Waals surface area (Å²) < 4.78 is 0. The van der Waals surface area contributed by atoms with Crippen molar-refractivity contribution in [3.63, 3.8) is 0 Å². The lowest BCUT2D eigenvalue weighted by atomic mass is 9.41. The minimum absolute atomic E-state index is 0.158. The molecule has 1 aromatic carbocycles. The molecule has 0 aliphatic heterocycles. The van der Waals surface area contributed by atoms with E-state index in [2.05, 4.69) is 6.07 Å². The number of aliphatic carboxylic acids is 2. The summed E-state index contributed by atoms with van der Waals surface area (Å²) in [5, 5.41) is 32.0. The first-order valence-electron chi connectivity index (χ1n) is 14.2. The molecule has 9 rings (SSSR count). The van der Waals surface area contributed by atoms with Crippen molar-refractivity contribution >= 4 is 17.6 Å². The number of nitro benzene ring substituents is 1. The number of carboxylic acid groups (broad SMARTS) is 2. The third-order valence-corrected chi connectivity index (χ3v) is 11.8. The van der Waals surface area contributed by atoms with Crippen LogP contribution in [0, 0.1) is 44.6 Å².